The number of rotatable bonds is 5. The average molecular weight is 442 g/mol. The molecule has 1 fully saturated rings. The van der Waals surface area contributed by atoms with Crippen molar-refractivity contribution in [2.24, 2.45) is 11.7 Å². The molecule has 3 heterocycles. The maximum atomic E-state index is 14.1. The van der Waals surface area contributed by atoms with Crippen LogP contribution in [0, 0.1) is 17.6 Å². The molecule has 0 unspecified atom stereocenters. The molecule has 0 aliphatic carbocycles. The maximum Gasteiger partial charge on any atom is 0.214 e. The predicted octanol–water partition coefficient (Wildman–Crippen LogP) is 2.04. The third-order valence-corrected chi connectivity index (χ3v) is 8.27. The van der Waals surface area contributed by atoms with E-state index >= 15 is 0 Å². The first-order valence-corrected chi connectivity index (χ1v) is 12.0. The summed E-state index contributed by atoms with van der Waals surface area (Å²) < 4.78 is 60.2. The van der Waals surface area contributed by atoms with Gasteiger partial charge in [-0.1, -0.05) is 13.8 Å². The highest BCUT2D eigenvalue weighted by molar-refractivity contribution is 7.89. The van der Waals surface area contributed by atoms with Gasteiger partial charge in [-0.05, 0) is 41.7 Å². The number of nitrogens with two attached hydrogens (primary N) is 1. The van der Waals surface area contributed by atoms with E-state index in [9.17, 15) is 17.2 Å². The third-order valence-electron chi connectivity index (χ3n) is 6.14. The molecule has 0 saturated carbocycles. The summed E-state index contributed by atoms with van der Waals surface area (Å²) in [5.41, 5.74) is 8.77. The molecule has 1 aromatic rings. The molecule has 6 nitrogen and oxygen atoms in total. The van der Waals surface area contributed by atoms with Crippen LogP contribution in [0.15, 0.2) is 29.3 Å². The molecule has 0 amide bonds. The maximum absolute atomic E-state index is 14.1. The molecule has 0 radical (unpaired) electrons. The summed E-state index contributed by atoms with van der Waals surface area (Å²) in [5, 5.41) is 0. The molecule has 3 aliphatic heterocycles. The van der Waals surface area contributed by atoms with Crippen LogP contribution in [0.1, 0.15) is 31.9 Å². The zero-order valence-electron chi connectivity index (χ0n) is 17.4. The van der Waals surface area contributed by atoms with Crippen molar-refractivity contribution in [2.45, 2.75) is 38.5 Å². The van der Waals surface area contributed by atoms with E-state index in [-0.39, 0.29) is 23.3 Å². The number of benzene rings is 1. The Kier molecular flexibility index (Phi) is 6.02. The Hall–Kier alpha value is -1.39. The molecule has 1 aromatic carbocycles. The second kappa shape index (κ2) is 8.27. The number of hydrogen-bond donors (Lipinski definition) is 1. The first-order valence-electron chi connectivity index (χ1n) is 10.4. The van der Waals surface area contributed by atoms with Gasteiger partial charge < -0.3 is 10.5 Å². The molecule has 0 spiro atoms. The minimum Gasteiger partial charge on any atom is -0.370 e. The molecule has 9 heteroatoms. The molecule has 30 heavy (non-hydrogen) atoms. The lowest BCUT2D eigenvalue weighted by Gasteiger charge is -2.39. The van der Waals surface area contributed by atoms with Gasteiger partial charge in [0.1, 0.15) is 17.7 Å². The van der Waals surface area contributed by atoms with E-state index in [1.54, 1.807) is 4.31 Å². The molecule has 3 atom stereocenters. The van der Waals surface area contributed by atoms with Crippen LogP contribution in [0.5, 0.6) is 0 Å². The number of sulfonamides is 1. The van der Waals surface area contributed by atoms with Gasteiger partial charge in [0.15, 0.2) is 0 Å². The minimum atomic E-state index is -3.24. The summed E-state index contributed by atoms with van der Waals surface area (Å²) in [4.78, 5) is 2.26. The Morgan fingerprint density at radius 3 is 2.43 bits per heavy atom. The predicted molar refractivity (Wildman–Crippen MR) is 110 cm³/mol. The average Bonchev–Trinajstić information content (AvgIpc) is 3.22. The topological polar surface area (TPSA) is 75.9 Å². The van der Waals surface area contributed by atoms with Crippen LogP contribution in [0.4, 0.5) is 8.78 Å². The van der Waals surface area contributed by atoms with Crippen molar-refractivity contribution >= 4 is 10.0 Å². The summed E-state index contributed by atoms with van der Waals surface area (Å²) in [5.74, 6) is -0.763. The third kappa shape index (κ3) is 4.31. The van der Waals surface area contributed by atoms with Gasteiger partial charge in [-0.15, -0.1) is 0 Å². The lowest BCUT2D eigenvalue weighted by Crippen LogP contribution is -2.49. The van der Waals surface area contributed by atoms with Crippen molar-refractivity contribution in [1.29, 1.82) is 0 Å². The van der Waals surface area contributed by atoms with E-state index in [1.165, 1.54) is 0 Å². The van der Waals surface area contributed by atoms with Crippen LogP contribution in [-0.2, 0) is 14.8 Å². The smallest absolute Gasteiger partial charge is 0.214 e. The zero-order chi connectivity index (χ0) is 21.6. The molecular weight excluding hydrogens is 412 g/mol. The second-order valence-corrected chi connectivity index (χ2v) is 11.0. The molecule has 2 N–H and O–H groups in total. The van der Waals surface area contributed by atoms with Crippen molar-refractivity contribution in [2.75, 3.05) is 38.5 Å². The van der Waals surface area contributed by atoms with E-state index in [4.69, 9.17) is 10.5 Å². The van der Waals surface area contributed by atoms with E-state index in [2.05, 4.69) is 4.90 Å². The molecule has 4 rings (SSSR count). The highest BCUT2D eigenvalue weighted by Gasteiger charge is 2.40. The van der Waals surface area contributed by atoms with Gasteiger partial charge in [0, 0.05) is 43.8 Å². The molecular formula is C21H29F2N3O3S. The fourth-order valence-electron chi connectivity index (χ4n) is 4.71. The number of nitrogens with zero attached hydrogens (tertiary/aromatic N) is 2. The number of hydrogen-bond acceptors (Lipinski definition) is 5. The molecule has 166 valence electrons. The molecule has 0 bridgehead atoms. The Bertz CT molecular complexity index is 933. The van der Waals surface area contributed by atoms with Crippen LogP contribution in [0.3, 0.4) is 0 Å². The largest absolute Gasteiger partial charge is 0.370 e. The van der Waals surface area contributed by atoms with E-state index in [0.29, 0.717) is 39.2 Å². The molecule has 3 aliphatic rings. The Morgan fingerprint density at radius 2 is 1.83 bits per heavy atom. The van der Waals surface area contributed by atoms with Crippen molar-refractivity contribution in [1.82, 2.24) is 9.21 Å². The summed E-state index contributed by atoms with van der Waals surface area (Å²) >= 11 is 0. The van der Waals surface area contributed by atoms with Crippen molar-refractivity contribution < 1.29 is 21.9 Å². The van der Waals surface area contributed by atoms with Gasteiger partial charge in [0.05, 0.1) is 12.4 Å². The Labute approximate surface area is 176 Å². The zero-order valence-corrected chi connectivity index (χ0v) is 18.2. The Balaban J connectivity index is 1.35. The van der Waals surface area contributed by atoms with Gasteiger partial charge in [-0.3, -0.25) is 4.90 Å². The number of halogens is 2. The fourth-order valence-corrected chi connectivity index (χ4v) is 6.47. The summed E-state index contributed by atoms with van der Waals surface area (Å²) in [6.45, 7) is 6.50. The normalized spacial score (nSPS) is 28.5. The highest BCUT2D eigenvalue weighted by Crippen LogP contribution is 2.35. The van der Waals surface area contributed by atoms with Crippen molar-refractivity contribution in [3.05, 3.63) is 46.5 Å². The van der Waals surface area contributed by atoms with E-state index < -0.39 is 33.8 Å². The van der Waals surface area contributed by atoms with Gasteiger partial charge in [-0.25, -0.2) is 17.2 Å². The summed E-state index contributed by atoms with van der Waals surface area (Å²) in [6, 6.07) is 2.95. The lowest BCUT2D eigenvalue weighted by molar-refractivity contribution is -0.0467. The van der Waals surface area contributed by atoms with Crippen molar-refractivity contribution in [3.63, 3.8) is 0 Å². The first-order chi connectivity index (χ1) is 14.1. The van der Waals surface area contributed by atoms with Crippen LogP contribution in [0.25, 0.3) is 0 Å². The quantitative estimate of drug-likeness (QED) is 0.708. The molecule has 0 aromatic heterocycles. The standard InChI is InChI=1S/C21H29F2N3O3S/c1-13(2)12-30(27,28)26-9-14-7-25(8-15(14)10-26)17-6-20(24)21(29-11-17)18-5-16(22)3-4-19(18)23/h3-5,13,17,20-21H,6-12,24H2,1-2H3/t17-,20+,21-/m1/s1. The van der Waals surface area contributed by atoms with Crippen LogP contribution in [0.2, 0.25) is 0 Å². The lowest BCUT2D eigenvalue weighted by atomic mass is 9.93. The first kappa shape index (κ1) is 21.8. The molecule has 1 saturated heterocycles. The van der Waals surface area contributed by atoms with E-state index in [1.807, 2.05) is 13.8 Å². The van der Waals surface area contributed by atoms with Gasteiger partial charge >= 0.3 is 0 Å². The van der Waals surface area contributed by atoms with Gasteiger partial charge in [0.2, 0.25) is 10.0 Å². The van der Waals surface area contributed by atoms with E-state index in [0.717, 1.165) is 29.3 Å². The van der Waals surface area contributed by atoms with Gasteiger partial charge in [0.25, 0.3) is 0 Å². The summed E-state index contributed by atoms with van der Waals surface area (Å²) in [6.07, 6.45) is -0.0627. The number of ether oxygens (including phenoxy) is 1. The van der Waals surface area contributed by atoms with Crippen LogP contribution < -0.4 is 5.73 Å². The second-order valence-electron chi connectivity index (χ2n) is 9.03. The highest BCUT2D eigenvalue weighted by atomic mass is 32.2. The minimum absolute atomic E-state index is 0.0687. The Morgan fingerprint density at radius 1 is 1.17 bits per heavy atom. The van der Waals surface area contributed by atoms with Gasteiger partial charge in [-0.2, -0.15) is 4.31 Å². The SMILES string of the molecule is CC(C)CS(=O)(=O)N1CC2=C(CN([C@H]3CO[C@H](c4cc(F)ccc4F)[C@@H](N)C3)C2)C1. The summed E-state index contributed by atoms with van der Waals surface area (Å²) in [7, 11) is -3.24. The van der Waals surface area contributed by atoms with Crippen molar-refractivity contribution in [3.8, 4) is 0 Å². The van der Waals surface area contributed by atoms with Crippen LogP contribution >= 0.6 is 0 Å². The van der Waals surface area contributed by atoms with Crippen LogP contribution in [-0.4, -0.2) is 68.2 Å². The fraction of sp³-hybridized carbons (Fsp3) is 0.619. The monoisotopic (exact) mass is 441 g/mol.